The summed E-state index contributed by atoms with van der Waals surface area (Å²) in [6.45, 7) is 4.32. The predicted octanol–water partition coefficient (Wildman–Crippen LogP) is 2.72. The normalized spacial score (nSPS) is 10.8. The molecular formula is C16H21N3O2. The molecule has 0 unspecified atom stereocenters. The number of ether oxygens (including phenoxy) is 1. The fourth-order valence-electron chi connectivity index (χ4n) is 1.90. The van der Waals surface area contributed by atoms with Gasteiger partial charge in [-0.15, -0.1) is 0 Å². The first-order chi connectivity index (χ1) is 10.0. The molecule has 0 saturated carbocycles. The number of esters is 1. The van der Waals surface area contributed by atoms with E-state index in [1.165, 1.54) is 0 Å². The van der Waals surface area contributed by atoms with Gasteiger partial charge in [-0.1, -0.05) is 12.1 Å². The zero-order valence-electron chi connectivity index (χ0n) is 12.5. The Bertz CT molecular complexity index is 588. The summed E-state index contributed by atoms with van der Waals surface area (Å²) in [5.41, 5.74) is 8.18. The Balaban J connectivity index is 1.75. The van der Waals surface area contributed by atoms with E-state index >= 15 is 0 Å². The van der Waals surface area contributed by atoms with Crippen molar-refractivity contribution >= 4 is 11.7 Å². The molecule has 0 amide bonds. The van der Waals surface area contributed by atoms with Crippen LogP contribution in [0.2, 0.25) is 0 Å². The average Bonchev–Trinajstić information content (AvgIpc) is 2.93. The van der Waals surface area contributed by atoms with Crippen molar-refractivity contribution in [2.24, 2.45) is 0 Å². The Hall–Kier alpha value is -2.30. The van der Waals surface area contributed by atoms with Gasteiger partial charge in [-0.2, -0.15) is 5.10 Å². The van der Waals surface area contributed by atoms with Gasteiger partial charge in [0.2, 0.25) is 0 Å². The maximum Gasteiger partial charge on any atom is 0.306 e. The van der Waals surface area contributed by atoms with E-state index in [0.717, 1.165) is 16.9 Å². The van der Waals surface area contributed by atoms with Gasteiger partial charge in [-0.3, -0.25) is 9.48 Å². The van der Waals surface area contributed by atoms with Gasteiger partial charge < -0.3 is 10.5 Å². The van der Waals surface area contributed by atoms with Crippen molar-refractivity contribution in [2.75, 3.05) is 5.73 Å². The maximum atomic E-state index is 11.7. The number of benzene rings is 1. The third-order valence-corrected chi connectivity index (χ3v) is 3.17. The van der Waals surface area contributed by atoms with Crippen LogP contribution >= 0.6 is 0 Å². The molecule has 0 fully saturated rings. The van der Waals surface area contributed by atoms with Crippen LogP contribution < -0.4 is 5.73 Å². The number of anilines is 1. The topological polar surface area (TPSA) is 70.1 Å². The Kier molecular flexibility index (Phi) is 4.98. The molecule has 0 saturated heterocycles. The van der Waals surface area contributed by atoms with E-state index in [1.807, 2.05) is 41.2 Å². The molecule has 21 heavy (non-hydrogen) atoms. The fraction of sp³-hybridized carbons (Fsp3) is 0.375. The van der Waals surface area contributed by atoms with E-state index in [1.54, 1.807) is 0 Å². The molecular weight excluding hydrogens is 266 g/mol. The molecule has 2 N–H and O–H groups in total. The molecule has 5 heteroatoms. The van der Waals surface area contributed by atoms with Crippen LogP contribution in [0.5, 0.6) is 0 Å². The van der Waals surface area contributed by atoms with Gasteiger partial charge in [0.1, 0.15) is 6.61 Å². The van der Waals surface area contributed by atoms with Crippen LogP contribution in [0.25, 0.3) is 0 Å². The molecule has 5 nitrogen and oxygen atoms in total. The van der Waals surface area contributed by atoms with Crippen LogP contribution in [0, 0.1) is 0 Å². The molecule has 0 atom stereocenters. The zero-order chi connectivity index (χ0) is 15.2. The van der Waals surface area contributed by atoms with Crippen LogP contribution in [0.15, 0.2) is 36.5 Å². The lowest BCUT2D eigenvalue weighted by atomic mass is 10.1. The monoisotopic (exact) mass is 287 g/mol. The lowest BCUT2D eigenvalue weighted by molar-refractivity contribution is -0.145. The molecule has 112 valence electrons. The van der Waals surface area contributed by atoms with Crippen LogP contribution in [-0.2, 0) is 22.6 Å². The molecule has 1 heterocycles. The first-order valence-electron chi connectivity index (χ1n) is 7.08. The van der Waals surface area contributed by atoms with Crippen molar-refractivity contribution in [3.63, 3.8) is 0 Å². The zero-order valence-corrected chi connectivity index (χ0v) is 12.5. The summed E-state index contributed by atoms with van der Waals surface area (Å²) < 4.78 is 7.07. The largest absolute Gasteiger partial charge is 0.459 e. The van der Waals surface area contributed by atoms with Crippen LogP contribution in [0.1, 0.15) is 37.6 Å². The number of carbonyl (C=O) groups excluding carboxylic acids is 1. The summed E-state index contributed by atoms with van der Waals surface area (Å²) in [6.07, 6.45) is 2.90. The van der Waals surface area contributed by atoms with E-state index in [-0.39, 0.29) is 12.6 Å². The van der Waals surface area contributed by atoms with E-state index in [2.05, 4.69) is 18.9 Å². The third kappa shape index (κ3) is 4.63. The first kappa shape index (κ1) is 15.1. The molecule has 0 aliphatic rings. The number of nitrogens with zero attached hydrogens (tertiary/aromatic N) is 2. The van der Waals surface area contributed by atoms with Crippen LogP contribution in [-0.4, -0.2) is 15.7 Å². The Labute approximate surface area is 124 Å². The average molecular weight is 287 g/mol. The Morgan fingerprint density at radius 2 is 2.00 bits per heavy atom. The molecule has 0 spiro atoms. The number of nitrogens with two attached hydrogens (primary N) is 1. The number of carbonyl (C=O) groups is 1. The summed E-state index contributed by atoms with van der Waals surface area (Å²) in [7, 11) is 0. The SMILES string of the molecule is CC(C)n1ccc(COC(=O)CCc2ccc(N)cc2)n1. The molecule has 2 rings (SSSR count). The second kappa shape index (κ2) is 6.92. The summed E-state index contributed by atoms with van der Waals surface area (Å²) in [5.74, 6) is -0.217. The van der Waals surface area contributed by atoms with Gasteiger partial charge >= 0.3 is 5.97 Å². The third-order valence-electron chi connectivity index (χ3n) is 3.17. The minimum absolute atomic E-state index is 0.217. The van der Waals surface area contributed by atoms with Crippen LogP contribution in [0.3, 0.4) is 0 Å². The number of hydrogen-bond donors (Lipinski definition) is 1. The highest BCUT2D eigenvalue weighted by Crippen LogP contribution is 2.09. The number of nitrogen functional groups attached to an aromatic ring is 1. The van der Waals surface area contributed by atoms with E-state index in [4.69, 9.17) is 10.5 Å². The van der Waals surface area contributed by atoms with Crippen molar-refractivity contribution in [3.05, 3.63) is 47.8 Å². The summed E-state index contributed by atoms with van der Waals surface area (Å²) in [6, 6.07) is 9.69. The number of aryl methyl sites for hydroxylation is 1. The molecule has 0 aliphatic carbocycles. The number of hydrogen-bond acceptors (Lipinski definition) is 4. The molecule has 1 aromatic carbocycles. The van der Waals surface area contributed by atoms with Crippen molar-refractivity contribution in [1.82, 2.24) is 9.78 Å². The summed E-state index contributed by atoms with van der Waals surface area (Å²) in [4.78, 5) is 11.7. The molecule has 0 radical (unpaired) electrons. The second-order valence-corrected chi connectivity index (χ2v) is 5.28. The minimum atomic E-state index is -0.217. The van der Waals surface area contributed by atoms with Gasteiger partial charge in [-0.25, -0.2) is 0 Å². The Morgan fingerprint density at radius 1 is 1.29 bits per heavy atom. The molecule has 2 aromatic rings. The predicted molar refractivity (Wildman–Crippen MR) is 81.6 cm³/mol. The fourth-order valence-corrected chi connectivity index (χ4v) is 1.90. The highest BCUT2D eigenvalue weighted by Gasteiger charge is 2.07. The van der Waals surface area contributed by atoms with E-state index in [0.29, 0.717) is 18.9 Å². The highest BCUT2D eigenvalue weighted by atomic mass is 16.5. The smallest absolute Gasteiger partial charge is 0.306 e. The molecule has 0 bridgehead atoms. The van der Waals surface area contributed by atoms with Crippen molar-refractivity contribution in [1.29, 1.82) is 0 Å². The number of rotatable bonds is 6. The maximum absolute atomic E-state index is 11.7. The van der Waals surface area contributed by atoms with E-state index < -0.39 is 0 Å². The van der Waals surface area contributed by atoms with Crippen LogP contribution in [0.4, 0.5) is 5.69 Å². The van der Waals surface area contributed by atoms with Gasteiger partial charge in [0.25, 0.3) is 0 Å². The lowest BCUT2D eigenvalue weighted by Crippen LogP contribution is -2.07. The number of aromatic nitrogens is 2. The van der Waals surface area contributed by atoms with Crippen molar-refractivity contribution in [3.8, 4) is 0 Å². The summed E-state index contributed by atoms with van der Waals surface area (Å²) >= 11 is 0. The van der Waals surface area contributed by atoms with Gasteiger partial charge in [0.15, 0.2) is 0 Å². The second-order valence-electron chi connectivity index (χ2n) is 5.28. The van der Waals surface area contributed by atoms with E-state index in [9.17, 15) is 4.79 Å². The highest BCUT2D eigenvalue weighted by molar-refractivity contribution is 5.69. The lowest BCUT2D eigenvalue weighted by Gasteiger charge is -2.05. The van der Waals surface area contributed by atoms with Crippen molar-refractivity contribution in [2.45, 2.75) is 39.3 Å². The van der Waals surface area contributed by atoms with Gasteiger partial charge in [-0.05, 0) is 44.0 Å². The summed E-state index contributed by atoms with van der Waals surface area (Å²) in [5, 5.41) is 4.34. The molecule has 1 aromatic heterocycles. The first-order valence-corrected chi connectivity index (χ1v) is 7.08. The van der Waals surface area contributed by atoms with Crippen molar-refractivity contribution < 1.29 is 9.53 Å². The standard InChI is InChI=1S/C16H21N3O2/c1-12(2)19-10-9-15(18-19)11-21-16(20)8-5-13-3-6-14(17)7-4-13/h3-4,6-7,9-10,12H,5,8,11,17H2,1-2H3. The van der Waals surface area contributed by atoms with Gasteiger partial charge in [0.05, 0.1) is 5.69 Å². The minimum Gasteiger partial charge on any atom is -0.459 e. The van der Waals surface area contributed by atoms with Gasteiger partial charge in [0, 0.05) is 24.3 Å². The Morgan fingerprint density at radius 3 is 2.62 bits per heavy atom. The quantitative estimate of drug-likeness (QED) is 0.655. The molecule has 0 aliphatic heterocycles.